The molecule has 2 heterocycles. The van der Waals surface area contributed by atoms with Gasteiger partial charge in [0.15, 0.2) is 11.5 Å². The van der Waals surface area contributed by atoms with Crippen LogP contribution in [0.15, 0.2) is 42.5 Å². The monoisotopic (exact) mass is 503 g/mol. The van der Waals surface area contributed by atoms with Gasteiger partial charge in [0.2, 0.25) is 10.6 Å². The number of benzene rings is 2. The molecule has 1 fully saturated rings. The van der Waals surface area contributed by atoms with Gasteiger partial charge in [-0.2, -0.15) is 0 Å². The van der Waals surface area contributed by atoms with Crippen molar-refractivity contribution in [3.63, 3.8) is 0 Å². The maximum absolute atomic E-state index is 13.4. The molecule has 0 saturated carbocycles. The summed E-state index contributed by atoms with van der Waals surface area (Å²) in [5.41, 5.74) is 0.986. The third-order valence-corrected chi connectivity index (χ3v) is 5.79. The van der Waals surface area contributed by atoms with Crippen molar-refractivity contribution in [2.24, 2.45) is 5.92 Å². The second-order valence-electron chi connectivity index (χ2n) is 7.65. The van der Waals surface area contributed by atoms with Crippen LogP contribution in [0.1, 0.15) is 17.9 Å². The molecule has 32 heavy (non-hydrogen) atoms. The van der Waals surface area contributed by atoms with Gasteiger partial charge in [0, 0.05) is 25.1 Å². The van der Waals surface area contributed by atoms with E-state index in [9.17, 15) is 9.18 Å². The summed E-state index contributed by atoms with van der Waals surface area (Å²) in [6, 6.07) is 11.8. The number of hydrogen-bond donors (Lipinski definition) is 0. The maximum Gasteiger partial charge on any atom is 0.409 e. The van der Waals surface area contributed by atoms with Gasteiger partial charge in [0.05, 0.1) is 6.61 Å². The van der Waals surface area contributed by atoms with Crippen molar-refractivity contribution in [1.29, 1.82) is 0 Å². The van der Waals surface area contributed by atoms with Crippen LogP contribution in [0.4, 0.5) is 9.18 Å². The van der Waals surface area contributed by atoms with E-state index in [0.717, 1.165) is 5.56 Å². The molecular weight excluding hydrogens is 484 g/mol. The molecule has 0 N–H and O–H groups in total. The highest BCUT2D eigenvalue weighted by Crippen LogP contribution is 2.37. The van der Waals surface area contributed by atoms with E-state index in [-0.39, 0.29) is 31.1 Å². The van der Waals surface area contributed by atoms with Crippen molar-refractivity contribution >= 4 is 40.9 Å². The van der Waals surface area contributed by atoms with Crippen molar-refractivity contribution in [2.45, 2.75) is 16.1 Å². The summed E-state index contributed by atoms with van der Waals surface area (Å²) in [5, 5.41) is 0. The highest BCUT2D eigenvalue weighted by Gasteiger charge is 2.34. The van der Waals surface area contributed by atoms with Gasteiger partial charge in [-0.25, -0.2) is 9.18 Å². The molecule has 0 aromatic heterocycles. The topological polar surface area (TPSA) is 57.2 Å². The number of hydrogen-bond acceptors (Lipinski definition) is 5. The minimum atomic E-state index is -1.68. The maximum atomic E-state index is 13.4. The highest BCUT2D eigenvalue weighted by atomic mass is 35.6. The Morgan fingerprint density at radius 1 is 1.12 bits per heavy atom. The Morgan fingerprint density at radius 3 is 2.62 bits per heavy atom. The molecule has 10 heteroatoms. The van der Waals surface area contributed by atoms with Gasteiger partial charge in [0.1, 0.15) is 18.2 Å². The van der Waals surface area contributed by atoms with E-state index in [0.29, 0.717) is 43.4 Å². The Kier molecular flexibility index (Phi) is 7.08. The lowest BCUT2D eigenvalue weighted by molar-refractivity contribution is 0.0694. The van der Waals surface area contributed by atoms with Crippen LogP contribution in [-0.4, -0.2) is 47.9 Å². The first-order valence-corrected chi connectivity index (χ1v) is 11.2. The van der Waals surface area contributed by atoms with Gasteiger partial charge in [-0.1, -0.05) is 46.9 Å². The molecule has 0 spiro atoms. The fourth-order valence-corrected chi connectivity index (χ4v) is 4.08. The number of carbonyl (C=O) groups is 1. The van der Waals surface area contributed by atoms with Crippen molar-refractivity contribution in [3.05, 3.63) is 53.8 Å². The van der Waals surface area contributed by atoms with Crippen LogP contribution in [0.5, 0.6) is 17.2 Å². The normalized spacial score (nSPS) is 20.2. The molecule has 2 unspecified atom stereocenters. The zero-order valence-electron chi connectivity index (χ0n) is 16.9. The summed E-state index contributed by atoms with van der Waals surface area (Å²) in [7, 11) is 0. The molecule has 2 aromatic rings. The van der Waals surface area contributed by atoms with Crippen molar-refractivity contribution in [2.75, 3.05) is 33.1 Å². The van der Waals surface area contributed by atoms with Gasteiger partial charge in [-0.05, 0) is 42.2 Å². The Balaban J connectivity index is 1.46. The van der Waals surface area contributed by atoms with E-state index >= 15 is 0 Å². The number of rotatable bonds is 5. The summed E-state index contributed by atoms with van der Waals surface area (Å²) in [6.45, 7) is 1.01. The Labute approximate surface area is 200 Å². The molecule has 1 amide bonds. The quantitative estimate of drug-likeness (QED) is 0.500. The first-order chi connectivity index (χ1) is 15.3. The first-order valence-electron chi connectivity index (χ1n) is 10.0. The summed E-state index contributed by atoms with van der Waals surface area (Å²) in [6.07, 6.45) is 0.103. The third kappa shape index (κ3) is 5.82. The van der Waals surface area contributed by atoms with Crippen LogP contribution in [0.3, 0.4) is 0 Å². The number of nitrogens with zero attached hydrogens (tertiary/aromatic N) is 1. The van der Waals surface area contributed by atoms with Crippen LogP contribution in [0.2, 0.25) is 0 Å². The Hall–Kier alpha value is -2.09. The fourth-order valence-electron chi connectivity index (χ4n) is 3.92. The van der Waals surface area contributed by atoms with E-state index in [2.05, 4.69) is 0 Å². The highest BCUT2D eigenvalue weighted by molar-refractivity contribution is 6.67. The minimum absolute atomic E-state index is 0.0695. The molecule has 6 nitrogen and oxygen atoms in total. The number of ether oxygens (including phenoxy) is 4. The average Bonchev–Trinajstić information content (AvgIpc) is 3.24. The smallest absolute Gasteiger partial charge is 0.409 e. The summed E-state index contributed by atoms with van der Waals surface area (Å²) in [5.74, 6) is 1.62. The molecule has 1 saturated heterocycles. The zero-order valence-corrected chi connectivity index (χ0v) is 19.2. The third-order valence-electron chi connectivity index (χ3n) is 5.46. The number of piperidine rings is 1. The number of likely N-dealkylation sites (tertiary alicyclic amines) is 1. The molecule has 2 aliphatic rings. The van der Waals surface area contributed by atoms with Crippen LogP contribution >= 0.6 is 34.8 Å². The number of carbonyl (C=O) groups excluding carboxylic acids is 1. The molecule has 2 aliphatic heterocycles. The Bertz CT molecular complexity index is 954. The second-order valence-corrected chi connectivity index (χ2v) is 10.2. The number of amides is 1. The van der Waals surface area contributed by atoms with Crippen molar-refractivity contribution < 1.29 is 28.1 Å². The molecule has 4 rings (SSSR count). The van der Waals surface area contributed by atoms with Crippen molar-refractivity contribution in [3.8, 4) is 17.2 Å². The zero-order chi connectivity index (χ0) is 22.7. The molecule has 0 aliphatic carbocycles. The van der Waals surface area contributed by atoms with Crippen LogP contribution < -0.4 is 14.2 Å². The van der Waals surface area contributed by atoms with Crippen LogP contribution in [0.25, 0.3) is 0 Å². The second kappa shape index (κ2) is 9.81. The lowest BCUT2D eigenvalue weighted by atomic mass is 9.81. The number of halogens is 4. The lowest BCUT2D eigenvalue weighted by Gasteiger charge is -2.38. The van der Waals surface area contributed by atoms with E-state index in [1.165, 1.54) is 12.1 Å². The largest absolute Gasteiger partial charge is 0.493 e. The minimum Gasteiger partial charge on any atom is -0.493 e. The van der Waals surface area contributed by atoms with Crippen LogP contribution in [-0.2, 0) is 4.74 Å². The van der Waals surface area contributed by atoms with Gasteiger partial charge in [-0.15, -0.1) is 0 Å². The standard InChI is InChI=1S/C22H21Cl3FNO5/c23-22(24,25)12-30-21(28)27-8-7-18(14-1-3-16(26)4-2-14)15(10-27)11-29-17-5-6-19-20(9-17)32-13-31-19/h1-6,9,15,18H,7-8,10-13H2. The van der Waals surface area contributed by atoms with E-state index in [1.54, 1.807) is 35.2 Å². The Morgan fingerprint density at radius 2 is 1.88 bits per heavy atom. The lowest BCUT2D eigenvalue weighted by Crippen LogP contribution is -2.45. The van der Waals surface area contributed by atoms with Gasteiger partial charge >= 0.3 is 6.09 Å². The fraction of sp³-hybridized carbons (Fsp3) is 0.409. The van der Waals surface area contributed by atoms with Gasteiger partial charge in [0.25, 0.3) is 0 Å². The SMILES string of the molecule is O=C(OCC(Cl)(Cl)Cl)N1CCC(c2ccc(F)cc2)C(COc2ccc3c(c2)OCO3)C1. The summed E-state index contributed by atoms with van der Waals surface area (Å²) < 4.78 is 33.6. The van der Waals surface area contributed by atoms with Crippen molar-refractivity contribution in [1.82, 2.24) is 4.90 Å². The predicted octanol–water partition coefficient (Wildman–Crippen LogP) is 5.55. The van der Waals surface area contributed by atoms with Crippen LogP contribution in [0, 0.1) is 11.7 Å². The van der Waals surface area contributed by atoms with E-state index in [4.69, 9.17) is 53.8 Å². The summed E-state index contributed by atoms with van der Waals surface area (Å²) in [4.78, 5) is 14.1. The molecule has 2 aromatic carbocycles. The molecule has 0 radical (unpaired) electrons. The molecule has 172 valence electrons. The molecule has 2 atom stereocenters. The van der Waals surface area contributed by atoms with Gasteiger partial charge in [-0.3, -0.25) is 0 Å². The number of alkyl halides is 3. The molecule has 0 bridgehead atoms. The summed E-state index contributed by atoms with van der Waals surface area (Å²) >= 11 is 17.1. The average molecular weight is 505 g/mol. The molecular formula is C22H21Cl3FNO5. The van der Waals surface area contributed by atoms with E-state index < -0.39 is 9.89 Å². The van der Waals surface area contributed by atoms with Gasteiger partial charge < -0.3 is 23.8 Å². The van der Waals surface area contributed by atoms with E-state index in [1.807, 2.05) is 0 Å². The first kappa shape index (κ1) is 23.1. The number of fused-ring (bicyclic) bond motifs is 1. The predicted molar refractivity (Wildman–Crippen MR) is 119 cm³/mol.